The Morgan fingerprint density at radius 1 is 0.769 bits per heavy atom. The summed E-state index contributed by atoms with van der Waals surface area (Å²) in [4.78, 5) is 82.0. The molecule has 340 valence electrons. The molecule has 3 aromatic carbocycles. The summed E-state index contributed by atoms with van der Waals surface area (Å²) >= 11 is 0. The molecule has 6 unspecified atom stereocenters. The lowest BCUT2D eigenvalue weighted by Gasteiger charge is -2.36. The van der Waals surface area contributed by atoms with Crippen molar-refractivity contribution in [1.82, 2.24) is 45.7 Å². The van der Waals surface area contributed by atoms with Crippen molar-refractivity contribution in [2.75, 3.05) is 26.2 Å². The van der Waals surface area contributed by atoms with Gasteiger partial charge in [0.2, 0.25) is 11.8 Å². The summed E-state index contributed by atoms with van der Waals surface area (Å²) in [5.41, 5.74) is 8.18. The number of rotatable bonds is 20. The first-order valence-corrected chi connectivity index (χ1v) is 22.5. The normalized spacial score (nSPS) is 16.9. The highest BCUT2D eigenvalue weighted by atomic mass is 16.3. The molecule has 6 atom stereocenters. The Morgan fingerprint density at radius 2 is 1.46 bits per heavy atom. The van der Waals surface area contributed by atoms with Crippen LogP contribution in [-0.4, -0.2) is 115 Å². The van der Waals surface area contributed by atoms with Crippen LogP contribution in [0.1, 0.15) is 57.2 Å². The number of nitrogens with one attached hydrogen (secondary N) is 3. The molecule has 0 radical (unpaired) electrons. The van der Waals surface area contributed by atoms with E-state index in [0.29, 0.717) is 32.5 Å². The van der Waals surface area contributed by atoms with Gasteiger partial charge >= 0.3 is 12.1 Å². The monoisotopic (exact) mass is 881 g/mol. The van der Waals surface area contributed by atoms with E-state index in [0.717, 1.165) is 38.9 Å². The lowest BCUT2D eigenvalue weighted by Crippen LogP contribution is -2.59. The van der Waals surface area contributed by atoms with Crippen molar-refractivity contribution in [2.45, 2.75) is 84.3 Å². The van der Waals surface area contributed by atoms with Gasteiger partial charge in [-0.15, -0.1) is 0 Å². The minimum atomic E-state index is -1.24. The van der Waals surface area contributed by atoms with E-state index in [1.165, 1.54) is 4.90 Å². The van der Waals surface area contributed by atoms with E-state index in [9.17, 15) is 29.1 Å². The molecule has 15 heteroatoms. The summed E-state index contributed by atoms with van der Waals surface area (Å²) < 4.78 is 0. The zero-order valence-corrected chi connectivity index (χ0v) is 37.5. The van der Waals surface area contributed by atoms with Crippen molar-refractivity contribution < 1.29 is 29.1 Å². The summed E-state index contributed by atoms with van der Waals surface area (Å²) in [5.74, 6) is -1.92. The second kappa shape index (κ2) is 21.3. The number of hydrogen-bond acceptors (Lipinski definition) is 9. The molecule has 2 aromatic heterocycles. The highest BCUT2D eigenvalue weighted by Gasteiger charge is 2.42. The molecule has 4 heterocycles. The van der Waals surface area contributed by atoms with Gasteiger partial charge in [0.25, 0.3) is 5.91 Å². The summed E-state index contributed by atoms with van der Waals surface area (Å²) in [6.07, 6.45) is 3.65. The Morgan fingerprint density at radius 3 is 2.14 bits per heavy atom. The van der Waals surface area contributed by atoms with Crippen LogP contribution in [-0.2, 0) is 33.9 Å². The maximum Gasteiger partial charge on any atom is 0.325 e. The summed E-state index contributed by atoms with van der Waals surface area (Å²) in [7, 11) is 0. The average Bonchev–Trinajstić information content (AvgIpc) is 3.84. The third kappa shape index (κ3) is 11.2. The molecule has 0 aliphatic carbocycles. The number of hydrogen-bond donors (Lipinski definition) is 4. The topological polar surface area (TPSA) is 180 Å². The highest BCUT2D eigenvalue weighted by molar-refractivity contribution is 6.04. The minimum Gasteiger partial charge on any atom is -0.390 e. The molecule has 5 aromatic rings. The number of aromatic nitrogens is 2. The summed E-state index contributed by atoms with van der Waals surface area (Å²) in [6.45, 7) is 8.63. The molecule has 2 aliphatic heterocycles. The van der Waals surface area contributed by atoms with Gasteiger partial charge in [0.05, 0.1) is 23.4 Å². The first-order valence-electron chi connectivity index (χ1n) is 22.5. The fourth-order valence-electron chi connectivity index (χ4n) is 8.73. The van der Waals surface area contributed by atoms with Gasteiger partial charge in [-0.1, -0.05) is 119 Å². The number of para-hydroxylation sites is 1. The van der Waals surface area contributed by atoms with Gasteiger partial charge in [0, 0.05) is 56.1 Å². The fraction of sp³-hybridized carbons (Fsp3) is 0.380. The van der Waals surface area contributed by atoms with Crippen LogP contribution in [0.4, 0.5) is 9.59 Å². The largest absolute Gasteiger partial charge is 0.390 e. The maximum absolute atomic E-state index is 14.7. The maximum atomic E-state index is 14.7. The molecule has 0 spiro atoms. The highest BCUT2D eigenvalue weighted by Crippen LogP contribution is 2.26. The van der Waals surface area contributed by atoms with E-state index in [1.54, 1.807) is 27.2 Å². The van der Waals surface area contributed by atoms with Gasteiger partial charge < -0.3 is 25.1 Å². The molecule has 2 aliphatic rings. The lowest BCUT2D eigenvalue weighted by atomic mass is 9.95. The summed E-state index contributed by atoms with van der Waals surface area (Å²) in [5, 5.41) is 20.3. The van der Waals surface area contributed by atoms with Crippen LogP contribution in [0.3, 0.4) is 0 Å². The first kappa shape index (κ1) is 46.3. The van der Waals surface area contributed by atoms with E-state index >= 15 is 0 Å². The fourth-order valence-corrected chi connectivity index (χ4v) is 8.73. The Balaban J connectivity index is 1.14. The second-order valence-corrected chi connectivity index (χ2v) is 17.2. The Labute approximate surface area is 380 Å². The van der Waals surface area contributed by atoms with Crippen LogP contribution in [0, 0.1) is 11.8 Å². The number of imide groups is 1. The van der Waals surface area contributed by atoms with Gasteiger partial charge in [-0.05, 0) is 59.2 Å². The number of urea groups is 2. The molecule has 15 nitrogen and oxygen atoms in total. The molecule has 2 saturated heterocycles. The van der Waals surface area contributed by atoms with Crippen molar-refractivity contribution in [3.05, 3.63) is 132 Å². The number of aliphatic hydroxyl groups is 1. The van der Waals surface area contributed by atoms with Gasteiger partial charge in [0.1, 0.15) is 18.6 Å². The number of aliphatic hydroxyl groups excluding tert-OH is 1. The third-order valence-electron chi connectivity index (χ3n) is 12.7. The van der Waals surface area contributed by atoms with Crippen LogP contribution >= 0.6 is 0 Å². The van der Waals surface area contributed by atoms with Crippen LogP contribution in [0.5, 0.6) is 0 Å². The van der Waals surface area contributed by atoms with Crippen molar-refractivity contribution in [1.29, 1.82) is 0 Å². The average molecular weight is 882 g/mol. The molecule has 7 amide bonds. The number of fused-ring (bicyclic) bond motifs is 1. The first-order chi connectivity index (χ1) is 31.4. The second-order valence-electron chi connectivity index (χ2n) is 17.2. The number of hydrazine groups is 1. The number of carbonyl (C=O) groups excluding carboxylic acids is 5. The third-order valence-corrected chi connectivity index (χ3v) is 12.7. The SMILES string of the molecule is CCC(C)C(C(=O)NN(Cc1ccc(-c2ccccn2)cc1)CC(O)C(Cc1ccccc1)NC(=O)C(C(C)CC)N1CCN(Cc2ccnc3ccccc23)C1=O)N1CC(=O)NC1=O. The Hall–Kier alpha value is -6.71. The van der Waals surface area contributed by atoms with Crippen molar-refractivity contribution in [2.24, 2.45) is 11.8 Å². The van der Waals surface area contributed by atoms with Gasteiger partial charge in [-0.25, -0.2) is 14.6 Å². The van der Waals surface area contributed by atoms with Crippen molar-refractivity contribution >= 4 is 40.7 Å². The van der Waals surface area contributed by atoms with Crippen LogP contribution in [0.25, 0.3) is 22.2 Å². The lowest BCUT2D eigenvalue weighted by molar-refractivity contribution is -0.134. The van der Waals surface area contributed by atoms with Gasteiger partial charge in [-0.3, -0.25) is 35.1 Å². The smallest absolute Gasteiger partial charge is 0.325 e. The Bertz CT molecular complexity index is 2430. The number of pyridine rings is 2. The van der Waals surface area contributed by atoms with E-state index in [-0.39, 0.29) is 49.8 Å². The van der Waals surface area contributed by atoms with Crippen molar-refractivity contribution in [3.8, 4) is 11.3 Å². The molecule has 7 rings (SSSR count). The standard InChI is InChI=1S/C50H59N9O6/c1-5-33(3)45(58-27-26-56(50(58)65)30-38-23-25-52-41-18-11-10-16-39(38)41)47(62)53-42(28-35-14-8-7-9-15-35)43(60)31-57(29-36-19-21-37(22-20-36)40-17-12-13-24-51-40)55-48(63)46(34(4)6-2)59-32-44(61)54-49(59)64/h7-25,33-34,42-43,45-46,60H,5-6,26-32H2,1-4H3,(H,53,62)(H,55,63)(H,54,61,64). The molecule has 65 heavy (non-hydrogen) atoms. The number of carbonyl (C=O) groups is 5. The predicted molar refractivity (Wildman–Crippen MR) is 247 cm³/mol. The van der Waals surface area contributed by atoms with E-state index in [1.807, 2.05) is 131 Å². The number of nitrogens with zero attached hydrogens (tertiary/aromatic N) is 6. The molecular formula is C50H59N9O6. The van der Waals surface area contributed by atoms with E-state index in [4.69, 9.17) is 0 Å². The zero-order chi connectivity index (χ0) is 46.0. The molecule has 4 N–H and O–H groups in total. The Kier molecular flexibility index (Phi) is 15.2. The molecular weight excluding hydrogens is 823 g/mol. The zero-order valence-electron chi connectivity index (χ0n) is 37.5. The van der Waals surface area contributed by atoms with Crippen LogP contribution in [0.2, 0.25) is 0 Å². The molecule has 0 saturated carbocycles. The van der Waals surface area contributed by atoms with Crippen LogP contribution < -0.4 is 16.1 Å². The molecule has 0 bridgehead atoms. The van der Waals surface area contributed by atoms with E-state index in [2.05, 4.69) is 26.0 Å². The number of benzene rings is 3. The van der Waals surface area contributed by atoms with Crippen molar-refractivity contribution in [3.63, 3.8) is 0 Å². The predicted octanol–water partition coefficient (Wildman–Crippen LogP) is 5.54. The van der Waals surface area contributed by atoms with Gasteiger partial charge in [-0.2, -0.15) is 0 Å². The quantitative estimate of drug-likeness (QED) is 0.0577. The number of amides is 7. The minimum absolute atomic E-state index is 0.131. The van der Waals surface area contributed by atoms with E-state index < -0.39 is 42.1 Å². The summed E-state index contributed by atoms with van der Waals surface area (Å²) in [6, 6.07) is 29.1. The van der Waals surface area contributed by atoms with Gasteiger partial charge in [0.15, 0.2) is 0 Å². The molecule has 2 fully saturated rings. The van der Waals surface area contributed by atoms with Crippen LogP contribution in [0.15, 0.2) is 116 Å².